The molecule has 2 aliphatic rings. The van der Waals surface area contributed by atoms with Crippen LogP contribution in [0.15, 0.2) is 158 Å². The van der Waals surface area contributed by atoms with Gasteiger partial charge in [-0.05, 0) is 135 Å². The summed E-state index contributed by atoms with van der Waals surface area (Å²) in [5, 5.41) is 10.5. The minimum atomic E-state index is 0.950. The number of fused-ring (bicyclic) bond motifs is 10. The largest absolute Gasteiger partial charge is 0.0619 e. The molecule has 0 aliphatic heterocycles. The van der Waals surface area contributed by atoms with Crippen LogP contribution in [0.4, 0.5) is 0 Å². The zero-order chi connectivity index (χ0) is 31.3. The molecule has 0 N–H and O–H groups in total. The van der Waals surface area contributed by atoms with Crippen LogP contribution in [0.2, 0.25) is 0 Å². The predicted octanol–water partition coefficient (Wildman–Crippen LogP) is 12.8. The first-order valence-electron chi connectivity index (χ1n) is 17.0. The molecule has 0 saturated heterocycles. The summed E-state index contributed by atoms with van der Waals surface area (Å²) in [6, 6.07) is 59.2. The topological polar surface area (TPSA) is 0 Å². The molecule has 0 saturated carbocycles. The third kappa shape index (κ3) is 3.50. The maximum absolute atomic E-state index is 2.43. The lowest BCUT2D eigenvalue weighted by molar-refractivity contribution is 1.27. The quantitative estimate of drug-likeness (QED) is 0.172. The van der Waals surface area contributed by atoms with Crippen molar-refractivity contribution in [2.24, 2.45) is 0 Å². The molecule has 0 heterocycles. The van der Waals surface area contributed by atoms with Crippen molar-refractivity contribution in [2.45, 2.75) is 12.8 Å². The summed E-state index contributed by atoms with van der Waals surface area (Å²) >= 11 is 0. The van der Waals surface area contributed by atoms with Crippen LogP contribution in [-0.4, -0.2) is 0 Å². The van der Waals surface area contributed by atoms with Crippen molar-refractivity contribution >= 4 is 43.1 Å². The molecule has 0 radical (unpaired) electrons. The second kappa shape index (κ2) is 9.77. The van der Waals surface area contributed by atoms with Crippen LogP contribution in [0.3, 0.4) is 0 Å². The fourth-order valence-electron chi connectivity index (χ4n) is 9.12. The summed E-state index contributed by atoms with van der Waals surface area (Å²) in [5.41, 5.74) is 16.7. The van der Waals surface area contributed by atoms with Gasteiger partial charge in [-0.3, -0.25) is 0 Å². The Bertz CT molecular complexity index is 2580. The molecule has 0 atom stereocenters. The fraction of sp³-hybridized carbons (Fsp3) is 0.0417. The van der Waals surface area contributed by atoms with Gasteiger partial charge in [-0.15, -0.1) is 0 Å². The van der Waals surface area contributed by atoms with Gasteiger partial charge in [0.05, 0.1) is 0 Å². The molecule has 0 unspecified atom stereocenters. The van der Waals surface area contributed by atoms with Gasteiger partial charge in [0.15, 0.2) is 0 Å². The van der Waals surface area contributed by atoms with E-state index in [0.29, 0.717) is 0 Å². The van der Waals surface area contributed by atoms with Crippen molar-refractivity contribution in [3.63, 3.8) is 0 Å². The van der Waals surface area contributed by atoms with E-state index in [2.05, 4.69) is 158 Å². The Balaban J connectivity index is 1.32. The normalized spacial score (nSPS) is 12.8. The van der Waals surface area contributed by atoms with E-state index < -0.39 is 0 Å². The second-order valence-electron chi connectivity index (χ2n) is 13.5. The first-order chi connectivity index (χ1) is 23.8. The lowest BCUT2D eigenvalue weighted by Gasteiger charge is -2.23. The van der Waals surface area contributed by atoms with Crippen LogP contribution in [0.5, 0.6) is 0 Å². The average Bonchev–Trinajstić information content (AvgIpc) is 3.70. The zero-order valence-corrected chi connectivity index (χ0v) is 26.4. The Morgan fingerprint density at radius 3 is 1.02 bits per heavy atom. The highest BCUT2D eigenvalue weighted by Gasteiger charge is 2.29. The van der Waals surface area contributed by atoms with Crippen LogP contribution in [-0.2, 0) is 12.8 Å². The summed E-state index contributed by atoms with van der Waals surface area (Å²) in [5.74, 6) is 0. The highest BCUT2D eigenvalue weighted by Crippen LogP contribution is 2.53. The molecule has 9 aromatic carbocycles. The second-order valence-corrected chi connectivity index (χ2v) is 13.5. The van der Waals surface area contributed by atoms with Gasteiger partial charge in [-0.25, -0.2) is 0 Å². The predicted molar refractivity (Wildman–Crippen MR) is 204 cm³/mol. The Hall–Kier alpha value is -5.98. The molecule has 0 heteroatoms. The standard InChI is InChI=1S/C48H30/c1-5-17-33-29(13-1)27-43-41(33)25-31-15-3-7-19-35(31)45(43)47-37-21-9-11-23-39(37)48(40-24-12-10-22-38(40)47)46-36-20-8-4-16-32(36)26-42-34-18-6-2-14-30(34)28-44(42)46/h1-26H,27-28H2. The van der Waals surface area contributed by atoms with Crippen LogP contribution < -0.4 is 0 Å². The van der Waals surface area contributed by atoms with Crippen molar-refractivity contribution in [3.8, 4) is 44.5 Å². The smallest absolute Gasteiger partial charge is 0.000705 e. The van der Waals surface area contributed by atoms with Gasteiger partial charge in [0, 0.05) is 0 Å². The van der Waals surface area contributed by atoms with E-state index in [-0.39, 0.29) is 0 Å². The van der Waals surface area contributed by atoms with Crippen molar-refractivity contribution in [1.82, 2.24) is 0 Å². The molecule has 222 valence electrons. The Labute approximate surface area is 279 Å². The molecule has 11 rings (SSSR count). The van der Waals surface area contributed by atoms with Crippen LogP contribution >= 0.6 is 0 Å². The van der Waals surface area contributed by atoms with Gasteiger partial charge in [-0.1, -0.05) is 146 Å². The van der Waals surface area contributed by atoms with Crippen LogP contribution in [0.25, 0.3) is 87.6 Å². The summed E-state index contributed by atoms with van der Waals surface area (Å²) in [6.07, 6.45) is 1.90. The molecule has 0 amide bonds. The number of hydrogen-bond donors (Lipinski definition) is 0. The molecular weight excluding hydrogens is 577 g/mol. The highest BCUT2D eigenvalue weighted by molar-refractivity contribution is 6.27. The molecule has 48 heavy (non-hydrogen) atoms. The fourth-order valence-corrected chi connectivity index (χ4v) is 9.12. The molecule has 9 aromatic rings. The Morgan fingerprint density at radius 2 is 0.604 bits per heavy atom. The van der Waals surface area contributed by atoms with Crippen LogP contribution in [0.1, 0.15) is 22.3 Å². The molecule has 0 aromatic heterocycles. The van der Waals surface area contributed by atoms with Gasteiger partial charge in [0.2, 0.25) is 0 Å². The van der Waals surface area contributed by atoms with Crippen molar-refractivity contribution in [3.05, 3.63) is 180 Å². The first kappa shape index (κ1) is 26.1. The minimum absolute atomic E-state index is 0.950. The lowest BCUT2D eigenvalue weighted by atomic mass is 9.80. The summed E-state index contributed by atoms with van der Waals surface area (Å²) < 4.78 is 0. The Morgan fingerprint density at radius 1 is 0.271 bits per heavy atom. The lowest BCUT2D eigenvalue weighted by Crippen LogP contribution is -1.97. The number of benzene rings is 9. The van der Waals surface area contributed by atoms with Gasteiger partial charge < -0.3 is 0 Å². The molecular formula is C48H30. The van der Waals surface area contributed by atoms with Gasteiger partial charge in [0.1, 0.15) is 0 Å². The summed E-state index contributed by atoms with van der Waals surface area (Å²) in [6.45, 7) is 0. The van der Waals surface area contributed by atoms with E-state index in [0.717, 1.165) is 12.8 Å². The summed E-state index contributed by atoms with van der Waals surface area (Å²) in [4.78, 5) is 0. The number of hydrogen-bond acceptors (Lipinski definition) is 0. The molecule has 0 nitrogen and oxygen atoms in total. The van der Waals surface area contributed by atoms with E-state index in [9.17, 15) is 0 Å². The zero-order valence-electron chi connectivity index (χ0n) is 26.4. The van der Waals surface area contributed by atoms with E-state index >= 15 is 0 Å². The highest BCUT2D eigenvalue weighted by atomic mass is 14.3. The van der Waals surface area contributed by atoms with Crippen molar-refractivity contribution < 1.29 is 0 Å². The molecule has 0 bridgehead atoms. The van der Waals surface area contributed by atoms with Gasteiger partial charge in [-0.2, -0.15) is 0 Å². The summed E-state index contributed by atoms with van der Waals surface area (Å²) in [7, 11) is 0. The maximum atomic E-state index is 2.43. The van der Waals surface area contributed by atoms with Crippen LogP contribution in [0, 0.1) is 0 Å². The van der Waals surface area contributed by atoms with E-state index in [4.69, 9.17) is 0 Å². The molecule has 2 aliphatic carbocycles. The van der Waals surface area contributed by atoms with Crippen molar-refractivity contribution in [1.29, 1.82) is 0 Å². The SMILES string of the molecule is c1ccc2c(c1)Cc1c-2cc2ccccc2c1-c1c2ccccc2c(-c2c3c(cc4ccccc24)-c2ccccc2C3)c2ccccc12. The van der Waals surface area contributed by atoms with Crippen molar-refractivity contribution in [2.75, 3.05) is 0 Å². The average molecular weight is 607 g/mol. The Kier molecular flexibility index (Phi) is 5.32. The van der Waals surface area contributed by atoms with Gasteiger partial charge in [0.25, 0.3) is 0 Å². The minimum Gasteiger partial charge on any atom is -0.0619 e. The van der Waals surface area contributed by atoms with E-state index in [1.54, 1.807) is 0 Å². The number of rotatable bonds is 2. The third-order valence-electron chi connectivity index (χ3n) is 11.1. The van der Waals surface area contributed by atoms with E-state index in [1.807, 2.05) is 0 Å². The van der Waals surface area contributed by atoms with Gasteiger partial charge >= 0.3 is 0 Å². The first-order valence-corrected chi connectivity index (χ1v) is 17.0. The monoisotopic (exact) mass is 606 g/mol. The van der Waals surface area contributed by atoms with E-state index in [1.165, 1.54) is 110 Å². The third-order valence-corrected chi connectivity index (χ3v) is 11.1. The molecule has 0 fully saturated rings. The maximum Gasteiger partial charge on any atom is -0.000705 e. The molecule has 0 spiro atoms.